The highest BCUT2D eigenvalue weighted by Gasteiger charge is 2.49. The number of likely N-dealkylation sites (tertiary alicyclic amines) is 1. The van der Waals surface area contributed by atoms with E-state index in [4.69, 9.17) is 4.74 Å². The number of nitrogens with zero attached hydrogens (tertiary/aromatic N) is 2. The molecule has 5 heteroatoms. The van der Waals surface area contributed by atoms with Gasteiger partial charge in [0.2, 0.25) is 5.91 Å². The predicted octanol–water partition coefficient (Wildman–Crippen LogP) is 5.16. The highest BCUT2D eigenvalue weighted by Crippen LogP contribution is 2.44. The molecule has 0 N–H and O–H groups in total. The molecule has 2 heterocycles. The van der Waals surface area contributed by atoms with Crippen LogP contribution in [-0.4, -0.2) is 35.5 Å². The highest BCUT2D eigenvalue weighted by molar-refractivity contribution is 5.97. The van der Waals surface area contributed by atoms with E-state index in [0.29, 0.717) is 18.2 Å². The van der Waals surface area contributed by atoms with Gasteiger partial charge in [0, 0.05) is 31.2 Å². The number of amides is 1. The van der Waals surface area contributed by atoms with Crippen LogP contribution in [0.1, 0.15) is 51.5 Å². The van der Waals surface area contributed by atoms with Crippen molar-refractivity contribution in [2.45, 2.75) is 64.1 Å². The molecule has 30 heavy (non-hydrogen) atoms. The van der Waals surface area contributed by atoms with Crippen LogP contribution in [0.25, 0.3) is 0 Å². The Balaban J connectivity index is 1.48. The summed E-state index contributed by atoms with van der Waals surface area (Å²) in [6.07, 6.45) is 4.20. The van der Waals surface area contributed by atoms with E-state index in [-0.39, 0.29) is 17.3 Å². The van der Waals surface area contributed by atoms with Crippen molar-refractivity contribution < 1.29 is 13.9 Å². The molecule has 4 nitrogen and oxygen atoms in total. The van der Waals surface area contributed by atoms with Crippen LogP contribution >= 0.6 is 0 Å². The summed E-state index contributed by atoms with van der Waals surface area (Å²) in [5.41, 5.74) is 1.74. The fraction of sp³-hybridized carbons (Fsp3) is 0.480. The lowest BCUT2D eigenvalue weighted by atomic mass is 9.81. The van der Waals surface area contributed by atoms with Crippen LogP contribution in [0.3, 0.4) is 0 Å². The number of piperidine rings is 1. The van der Waals surface area contributed by atoms with Gasteiger partial charge in [-0.15, -0.1) is 0 Å². The molecule has 1 spiro atoms. The minimum absolute atomic E-state index is 0.113. The minimum atomic E-state index is -0.294. The van der Waals surface area contributed by atoms with E-state index in [0.717, 1.165) is 51.1 Å². The third-order valence-corrected chi connectivity index (χ3v) is 6.51. The molecular formula is C25H31FN2O2. The molecule has 0 aliphatic carbocycles. The van der Waals surface area contributed by atoms with Crippen molar-refractivity contribution in [3.05, 3.63) is 59.9 Å². The molecule has 160 valence electrons. The number of benzene rings is 2. The smallest absolute Gasteiger partial charge is 0.227 e. The van der Waals surface area contributed by atoms with Crippen molar-refractivity contribution in [2.75, 3.05) is 18.1 Å². The van der Waals surface area contributed by atoms with Gasteiger partial charge in [0.1, 0.15) is 11.6 Å². The van der Waals surface area contributed by atoms with Crippen LogP contribution in [0.2, 0.25) is 0 Å². The monoisotopic (exact) mass is 410 g/mol. The van der Waals surface area contributed by atoms with Gasteiger partial charge in [-0.25, -0.2) is 4.39 Å². The fourth-order valence-electron chi connectivity index (χ4n) is 5.07. The highest BCUT2D eigenvalue weighted by atomic mass is 19.1. The van der Waals surface area contributed by atoms with Gasteiger partial charge in [-0.05, 0) is 68.5 Å². The molecule has 2 unspecified atom stereocenters. The predicted molar refractivity (Wildman–Crippen MR) is 117 cm³/mol. The van der Waals surface area contributed by atoms with Gasteiger partial charge >= 0.3 is 0 Å². The lowest BCUT2D eigenvalue weighted by molar-refractivity contribution is -0.117. The lowest BCUT2D eigenvalue weighted by Crippen LogP contribution is -2.56. The summed E-state index contributed by atoms with van der Waals surface area (Å²) in [5, 5.41) is 0. The average Bonchev–Trinajstić information content (AvgIpc) is 3.04. The Morgan fingerprint density at radius 1 is 1.17 bits per heavy atom. The Morgan fingerprint density at radius 2 is 2.00 bits per heavy atom. The summed E-state index contributed by atoms with van der Waals surface area (Å²) in [4.78, 5) is 17.1. The first kappa shape index (κ1) is 20.9. The molecule has 2 aliphatic heterocycles. The fourth-order valence-corrected chi connectivity index (χ4v) is 5.07. The van der Waals surface area contributed by atoms with E-state index in [1.807, 2.05) is 17.0 Å². The van der Waals surface area contributed by atoms with Gasteiger partial charge in [-0.2, -0.15) is 0 Å². The Hall–Kier alpha value is -2.40. The summed E-state index contributed by atoms with van der Waals surface area (Å²) in [5.74, 6) is 0.745. The van der Waals surface area contributed by atoms with E-state index >= 15 is 0 Å². The summed E-state index contributed by atoms with van der Waals surface area (Å²) >= 11 is 0. The third kappa shape index (κ3) is 4.22. The average molecular weight is 411 g/mol. The summed E-state index contributed by atoms with van der Waals surface area (Å²) in [6.45, 7) is 6.87. The number of carbonyl (C=O) groups is 1. The van der Waals surface area contributed by atoms with Crippen molar-refractivity contribution >= 4 is 11.6 Å². The maximum absolute atomic E-state index is 13.8. The molecule has 1 amide bonds. The van der Waals surface area contributed by atoms with Crippen LogP contribution in [0, 0.1) is 5.82 Å². The van der Waals surface area contributed by atoms with Gasteiger partial charge < -0.3 is 9.64 Å². The van der Waals surface area contributed by atoms with Gasteiger partial charge in [0.15, 0.2) is 0 Å². The normalized spacial score (nSPS) is 24.6. The zero-order valence-corrected chi connectivity index (χ0v) is 17.9. The molecule has 2 aliphatic rings. The van der Waals surface area contributed by atoms with E-state index in [1.165, 1.54) is 17.7 Å². The van der Waals surface area contributed by atoms with Crippen molar-refractivity contribution in [1.82, 2.24) is 4.90 Å². The minimum Gasteiger partial charge on any atom is -0.494 e. The van der Waals surface area contributed by atoms with Crippen molar-refractivity contribution in [1.29, 1.82) is 0 Å². The number of hydrogen-bond donors (Lipinski definition) is 0. The number of anilines is 1. The molecule has 4 rings (SSSR count). The van der Waals surface area contributed by atoms with E-state index in [9.17, 15) is 9.18 Å². The standard InChI is InChI=1S/C25H31FN2O2/c1-3-14-30-23-9-4-6-20(15-23)18-27-13-12-25(17-19(27)2)11-10-24(29)28(25)22-8-5-7-21(26)16-22/h4-9,15-16,19H,3,10-14,17-18H2,1-2H3. The van der Waals surface area contributed by atoms with Crippen molar-refractivity contribution in [2.24, 2.45) is 0 Å². The second kappa shape index (κ2) is 8.76. The van der Waals surface area contributed by atoms with Gasteiger partial charge in [-0.1, -0.05) is 25.1 Å². The van der Waals surface area contributed by atoms with Gasteiger partial charge in [-0.3, -0.25) is 9.69 Å². The number of halogens is 1. The van der Waals surface area contributed by atoms with E-state index < -0.39 is 0 Å². The van der Waals surface area contributed by atoms with Crippen LogP contribution in [0.15, 0.2) is 48.5 Å². The first-order valence-corrected chi connectivity index (χ1v) is 11.1. The number of rotatable bonds is 6. The molecule has 0 aromatic heterocycles. The number of ether oxygens (including phenoxy) is 1. The molecule has 2 fully saturated rings. The Bertz CT molecular complexity index is 902. The quantitative estimate of drug-likeness (QED) is 0.659. The molecule has 2 aromatic rings. The van der Waals surface area contributed by atoms with Crippen LogP contribution in [-0.2, 0) is 11.3 Å². The molecule has 2 atom stereocenters. The molecule has 2 saturated heterocycles. The van der Waals surface area contributed by atoms with Crippen molar-refractivity contribution in [3.8, 4) is 5.75 Å². The summed E-state index contributed by atoms with van der Waals surface area (Å²) in [6, 6.07) is 15.1. The van der Waals surface area contributed by atoms with Crippen molar-refractivity contribution in [3.63, 3.8) is 0 Å². The summed E-state index contributed by atoms with van der Waals surface area (Å²) < 4.78 is 19.6. The maximum atomic E-state index is 13.8. The first-order valence-electron chi connectivity index (χ1n) is 11.1. The molecule has 2 aromatic carbocycles. The van der Waals surface area contributed by atoms with E-state index in [2.05, 4.69) is 36.9 Å². The Labute approximate surface area is 178 Å². The topological polar surface area (TPSA) is 32.8 Å². The third-order valence-electron chi connectivity index (χ3n) is 6.51. The first-order chi connectivity index (χ1) is 14.5. The van der Waals surface area contributed by atoms with Crippen LogP contribution in [0.4, 0.5) is 10.1 Å². The molecule has 0 bridgehead atoms. The lowest BCUT2D eigenvalue weighted by Gasteiger charge is -2.48. The Kier molecular flexibility index (Phi) is 6.09. The second-order valence-electron chi connectivity index (χ2n) is 8.70. The molecule has 0 radical (unpaired) electrons. The van der Waals surface area contributed by atoms with E-state index in [1.54, 1.807) is 6.07 Å². The Morgan fingerprint density at radius 3 is 2.77 bits per heavy atom. The zero-order chi connectivity index (χ0) is 21.1. The number of hydrogen-bond acceptors (Lipinski definition) is 3. The molecule has 0 saturated carbocycles. The number of carbonyl (C=O) groups excluding carboxylic acids is 1. The summed E-state index contributed by atoms with van der Waals surface area (Å²) in [7, 11) is 0. The molecular weight excluding hydrogens is 379 g/mol. The van der Waals surface area contributed by atoms with Crippen LogP contribution < -0.4 is 9.64 Å². The van der Waals surface area contributed by atoms with Gasteiger partial charge in [0.05, 0.1) is 12.1 Å². The van der Waals surface area contributed by atoms with Crippen LogP contribution in [0.5, 0.6) is 5.75 Å². The maximum Gasteiger partial charge on any atom is 0.227 e. The van der Waals surface area contributed by atoms with Gasteiger partial charge in [0.25, 0.3) is 0 Å². The largest absolute Gasteiger partial charge is 0.494 e. The second-order valence-corrected chi connectivity index (χ2v) is 8.70. The zero-order valence-electron chi connectivity index (χ0n) is 17.9. The SMILES string of the molecule is CCCOc1cccc(CN2CCC3(CCC(=O)N3c3cccc(F)c3)CC2C)c1.